The van der Waals surface area contributed by atoms with E-state index in [1.807, 2.05) is 13.0 Å². The molecule has 0 saturated heterocycles. The molecule has 10 heavy (non-hydrogen) atoms. The predicted octanol–water partition coefficient (Wildman–Crippen LogP) is 1.40. The summed E-state index contributed by atoms with van der Waals surface area (Å²) in [7, 11) is 0. The number of nitriles is 1. The molecule has 0 fully saturated rings. The lowest BCUT2D eigenvalue weighted by atomic mass is 10.0. The van der Waals surface area contributed by atoms with Crippen LogP contribution in [0.3, 0.4) is 0 Å². The van der Waals surface area contributed by atoms with Gasteiger partial charge in [0, 0.05) is 0 Å². The highest BCUT2D eigenvalue weighted by molar-refractivity contribution is 5.67. The third-order valence-corrected chi connectivity index (χ3v) is 1.24. The van der Waals surface area contributed by atoms with Gasteiger partial charge in [0.15, 0.2) is 0 Å². The molecule has 0 aliphatic heterocycles. The molecular formula is C7H11NO2. The Morgan fingerprint density at radius 2 is 2.40 bits per heavy atom. The molecule has 0 aromatic heterocycles. The maximum atomic E-state index is 10.1. The van der Waals surface area contributed by atoms with Gasteiger partial charge in [-0.1, -0.05) is 13.3 Å². The average Bonchev–Trinajstić information content (AvgIpc) is 1.86. The number of hydrogen-bond donors (Lipinski definition) is 1. The minimum atomic E-state index is -0.889. The van der Waals surface area contributed by atoms with Crippen LogP contribution in [0.2, 0.25) is 0 Å². The first-order valence-corrected chi connectivity index (χ1v) is 3.32. The number of carbonyl (C=O) groups is 1. The van der Waals surface area contributed by atoms with E-state index in [-0.39, 0.29) is 12.3 Å². The average molecular weight is 141 g/mol. The zero-order chi connectivity index (χ0) is 7.98. The summed E-state index contributed by atoms with van der Waals surface area (Å²) in [5.74, 6) is -1.19. The molecule has 0 aliphatic carbocycles. The summed E-state index contributed by atoms with van der Waals surface area (Å²) in [6.45, 7) is 1.94. The van der Waals surface area contributed by atoms with Crippen LogP contribution in [0.25, 0.3) is 0 Å². The van der Waals surface area contributed by atoms with Gasteiger partial charge >= 0.3 is 5.97 Å². The van der Waals surface area contributed by atoms with E-state index in [4.69, 9.17) is 10.4 Å². The van der Waals surface area contributed by atoms with Gasteiger partial charge in [0.2, 0.25) is 0 Å². The van der Waals surface area contributed by atoms with Gasteiger partial charge in [-0.2, -0.15) is 5.26 Å². The fraction of sp³-hybridized carbons (Fsp3) is 0.714. The first-order valence-electron chi connectivity index (χ1n) is 3.32. The largest absolute Gasteiger partial charge is 0.481 e. The molecule has 0 amide bonds. The normalized spacial score (nSPS) is 12.0. The van der Waals surface area contributed by atoms with Gasteiger partial charge in [-0.15, -0.1) is 0 Å². The second-order valence-electron chi connectivity index (χ2n) is 2.21. The molecule has 0 saturated carbocycles. The number of rotatable bonds is 4. The number of nitrogens with zero attached hydrogens (tertiary/aromatic N) is 1. The molecule has 1 N–H and O–H groups in total. The first-order chi connectivity index (χ1) is 4.70. The topological polar surface area (TPSA) is 61.1 Å². The van der Waals surface area contributed by atoms with Crippen LogP contribution >= 0.6 is 0 Å². The van der Waals surface area contributed by atoms with Gasteiger partial charge < -0.3 is 5.11 Å². The molecule has 3 heteroatoms. The Labute approximate surface area is 60.3 Å². The SMILES string of the molecule is CCCC(C#N)CC(=O)O. The Balaban J connectivity index is 3.63. The summed E-state index contributed by atoms with van der Waals surface area (Å²) in [5.41, 5.74) is 0. The van der Waals surface area contributed by atoms with Crippen molar-refractivity contribution >= 4 is 5.97 Å². The standard InChI is InChI=1S/C7H11NO2/c1-2-3-6(5-8)4-7(9)10/h6H,2-4H2,1H3,(H,9,10). The Kier molecular flexibility index (Phi) is 4.30. The fourth-order valence-electron chi connectivity index (χ4n) is 0.772. The van der Waals surface area contributed by atoms with Crippen molar-refractivity contribution in [2.24, 2.45) is 5.92 Å². The van der Waals surface area contributed by atoms with Gasteiger partial charge in [-0.3, -0.25) is 4.79 Å². The van der Waals surface area contributed by atoms with E-state index in [0.717, 1.165) is 6.42 Å². The summed E-state index contributed by atoms with van der Waals surface area (Å²) >= 11 is 0. The van der Waals surface area contributed by atoms with E-state index in [2.05, 4.69) is 0 Å². The van der Waals surface area contributed by atoms with E-state index in [0.29, 0.717) is 6.42 Å². The molecule has 0 aliphatic rings. The second-order valence-corrected chi connectivity index (χ2v) is 2.21. The van der Waals surface area contributed by atoms with Crippen LogP contribution in [0, 0.1) is 17.2 Å². The van der Waals surface area contributed by atoms with Crippen LogP contribution in [-0.4, -0.2) is 11.1 Å². The smallest absolute Gasteiger partial charge is 0.304 e. The van der Waals surface area contributed by atoms with Crippen LogP contribution in [-0.2, 0) is 4.79 Å². The van der Waals surface area contributed by atoms with Crippen molar-refractivity contribution in [3.8, 4) is 6.07 Å². The van der Waals surface area contributed by atoms with Crippen molar-refractivity contribution < 1.29 is 9.90 Å². The van der Waals surface area contributed by atoms with Crippen molar-refractivity contribution in [1.29, 1.82) is 5.26 Å². The van der Waals surface area contributed by atoms with E-state index in [1.54, 1.807) is 0 Å². The Morgan fingerprint density at radius 1 is 1.80 bits per heavy atom. The monoisotopic (exact) mass is 141 g/mol. The Hall–Kier alpha value is -1.04. The third-order valence-electron chi connectivity index (χ3n) is 1.24. The minimum absolute atomic E-state index is 0.0235. The fourth-order valence-corrected chi connectivity index (χ4v) is 0.772. The maximum Gasteiger partial charge on any atom is 0.304 e. The Morgan fingerprint density at radius 3 is 2.70 bits per heavy atom. The molecular weight excluding hydrogens is 130 g/mol. The number of carboxylic acids is 1. The number of aliphatic carboxylic acids is 1. The number of hydrogen-bond acceptors (Lipinski definition) is 2. The lowest BCUT2D eigenvalue weighted by Crippen LogP contribution is -2.04. The van der Waals surface area contributed by atoms with Crippen LogP contribution in [0.5, 0.6) is 0 Å². The predicted molar refractivity (Wildman–Crippen MR) is 36.3 cm³/mol. The van der Waals surface area contributed by atoms with Gasteiger partial charge in [0.05, 0.1) is 18.4 Å². The molecule has 1 unspecified atom stereocenters. The van der Waals surface area contributed by atoms with Crippen molar-refractivity contribution in [3.05, 3.63) is 0 Å². The molecule has 0 radical (unpaired) electrons. The Bertz CT molecular complexity index is 148. The highest BCUT2D eigenvalue weighted by Crippen LogP contribution is 2.08. The van der Waals surface area contributed by atoms with Crippen LogP contribution in [0.1, 0.15) is 26.2 Å². The van der Waals surface area contributed by atoms with E-state index < -0.39 is 5.97 Å². The lowest BCUT2D eigenvalue weighted by Gasteiger charge is -2.01. The van der Waals surface area contributed by atoms with E-state index >= 15 is 0 Å². The van der Waals surface area contributed by atoms with Gasteiger partial charge in [-0.05, 0) is 6.42 Å². The molecule has 0 aromatic rings. The van der Waals surface area contributed by atoms with Crippen molar-refractivity contribution in [3.63, 3.8) is 0 Å². The van der Waals surface area contributed by atoms with Crippen LogP contribution in [0.4, 0.5) is 0 Å². The van der Waals surface area contributed by atoms with Gasteiger partial charge in [0.1, 0.15) is 0 Å². The summed E-state index contributed by atoms with van der Waals surface area (Å²) in [5, 5.41) is 16.7. The van der Waals surface area contributed by atoms with E-state index in [9.17, 15) is 4.79 Å². The zero-order valence-corrected chi connectivity index (χ0v) is 6.00. The van der Waals surface area contributed by atoms with Crippen LogP contribution < -0.4 is 0 Å². The van der Waals surface area contributed by atoms with Crippen LogP contribution in [0.15, 0.2) is 0 Å². The van der Waals surface area contributed by atoms with Gasteiger partial charge in [-0.25, -0.2) is 0 Å². The van der Waals surface area contributed by atoms with Gasteiger partial charge in [0.25, 0.3) is 0 Å². The van der Waals surface area contributed by atoms with Crippen molar-refractivity contribution in [1.82, 2.24) is 0 Å². The summed E-state index contributed by atoms with van der Waals surface area (Å²) in [6.07, 6.45) is 1.53. The highest BCUT2D eigenvalue weighted by Gasteiger charge is 2.09. The maximum absolute atomic E-state index is 10.1. The second kappa shape index (κ2) is 4.80. The molecule has 1 atom stereocenters. The molecule has 0 bridgehead atoms. The molecule has 3 nitrogen and oxygen atoms in total. The minimum Gasteiger partial charge on any atom is -0.481 e. The first kappa shape index (κ1) is 8.96. The molecule has 56 valence electrons. The third kappa shape index (κ3) is 3.90. The molecule has 0 aromatic carbocycles. The quantitative estimate of drug-likeness (QED) is 0.643. The molecule has 0 heterocycles. The molecule has 0 spiro atoms. The molecule has 0 rings (SSSR count). The highest BCUT2D eigenvalue weighted by atomic mass is 16.4. The zero-order valence-electron chi connectivity index (χ0n) is 6.00. The lowest BCUT2D eigenvalue weighted by molar-refractivity contribution is -0.137. The summed E-state index contributed by atoms with van der Waals surface area (Å²) < 4.78 is 0. The summed E-state index contributed by atoms with van der Waals surface area (Å²) in [4.78, 5) is 10.1. The van der Waals surface area contributed by atoms with E-state index in [1.165, 1.54) is 0 Å². The number of carboxylic acid groups (broad SMARTS) is 1. The van der Waals surface area contributed by atoms with Crippen molar-refractivity contribution in [2.45, 2.75) is 26.2 Å². The summed E-state index contributed by atoms with van der Waals surface area (Å²) in [6, 6.07) is 1.95. The van der Waals surface area contributed by atoms with Crippen molar-refractivity contribution in [2.75, 3.05) is 0 Å².